The maximum atomic E-state index is 11.4. The van der Waals surface area contributed by atoms with Crippen molar-refractivity contribution in [2.24, 2.45) is 0 Å². The van der Waals surface area contributed by atoms with Crippen molar-refractivity contribution < 1.29 is 0 Å². The lowest BCUT2D eigenvalue weighted by atomic mass is 10.4. The van der Waals surface area contributed by atoms with E-state index in [4.69, 9.17) is 0 Å². The van der Waals surface area contributed by atoms with E-state index in [1.165, 1.54) is 10.5 Å². The molecule has 0 bridgehead atoms. The van der Waals surface area contributed by atoms with E-state index < -0.39 is 0 Å². The predicted molar refractivity (Wildman–Crippen MR) is 53.5 cm³/mol. The molecule has 0 spiro atoms. The predicted octanol–water partition coefficient (Wildman–Crippen LogP) is 1.29. The van der Waals surface area contributed by atoms with Crippen molar-refractivity contribution >= 4 is 18.3 Å². The van der Waals surface area contributed by atoms with Gasteiger partial charge in [-0.05, 0) is 19.1 Å². The quantitative estimate of drug-likeness (QED) is 0.638. The van der Waals surface area contributed by atoms with Crippen LogP contribution in [0.4, 0.5) is 0 Å². The maximum absolute atomic E-state index is 11.4. The van der Waals surface area contributed by atoms with E-state index in [-0.39, 0.29) is 5.56 Å². The molecule has 13 heavy (non-hydrogen) atoms. The third-order valence-electron chi connectivity index (χ3n) is 1.80. The average molecular weight is 192 g/mol. The monoisotopic (exact) mass is 192 g/mol. The lowest BCUT2D eigenvalue weighted by Gasteiger charge is -2.01. The average Bonchev–Trinajstić information content (AvgIpc) is 2.07. The summed E-state index contributed by atoms with van der Waals surface area (Å²) in [5.41, 5.74) is 1.25. The highest BCUT2D eigenvalue weighted by Gasteiger charge is 2.00. The molecule has 3 nitrogen and oxygen atoms in total. The van der Waals surface area contributed by atoms with Gasteiger partial charge in [-0.1, -0.05) is 0 Å². The molecule has 4 heteroatoms. The van der Waals surface area contributed by atoms with E-state index in [0.29, 0.717) is 16.2 Å². The standard InChI is InChI=1S/C9H8N2OS/c1-6-5-8(12)11-4-2-3-7(13)9(11)10-6/h2-5,13H,1H3. The molecule has 2 heterocycles. The zero-order chi connectivity index (χ0) is 9.42. The van der Waals surface area contributed by atoms with Gasteiger partial charge in [-0.15, -0.1) is 12.6 Å². The number of thiol groups is 1. The Kier molecular flexibility index (Phi) is 1.84. The van der Waals surface area contributed by atoms with E-state index in [9.17, 15) is 4.79 Å². The highest BCUT2D eigenvalue weighted by atomic mass is 32.1. The molecule has 0 fully saturated rings. The maximum Gasteiger partial charge on any atom is 0.258 e. The summed E-state index contributed by atoms with van der Waals surface area (Å²) in [5.74, 6) is 0. The van der Waals surface area contributed by atoms with Gasteiger partial charge in [0.25, 0.3) is 5.56 Å². The van der Waals surface area contributed by atoms with Crippen LogP contribution >= 0.6 is 12.6 Å². The van der Waals surface area contributed by atoms with Crippen molar-refractivity contribution in [3.63, 3.8) is 0 Å². The zero-order valence-electron chi connectivity index (χ0n) is 7.06. The molecule has 0 unspecified atom stereocenters. The fraction of sp³-hybridized carbons (Fsp3) is 0.111. The molecule has 0 saturated carbocycles. The number of hydrogen-bond acceptors (Lipinski definition) is 3. The molecular weight excluding hydrogens is 184 g/mol. The van der Waals surface area contributed by atoms with Gasteiger partial charge >= 0.3 is 0 Å². The second kappa shape index (κ2) is 2.88. The number of pyridine rings is 1. The van der Waals surface area contributed by atoms with Crippen LogP contribution in [-0.4, -0.2) is 9.38 Å². The lowest BCUT2D eigenvalue weighted by Crippen LogP contribution is -2.14. The van der Waals surface area contributed by atoms with Crippen molar-refractivity contribution in [1.29, 1.82) is 0 Å². The Morgan fingerprint density at radius 3 is 3.08 bits per heavy atom. The smallest absolute Gasteiger partial charge is 0.258 e. The van der Waals surface area contributed by atoms with E-state index in [0.717, 1.165) is 0 Å². The Balaban J connectivity index is 3.03. The van der Waals surface area contributed by atoms with Crippen LogP contribution in [0.5, 0.6) is 0 Å². The summed E-state index contributed by atoms with van der Waals surface area (Å²) in [6.45, 7) is 1.79. The topological polar surface area (TPSA) is 34.4 Å². The minimum atomic E-state index is -0.0709. The molecule has 0 amide bonds. The normalized spacial score (nSPS) is 10.6. The summed E-state index contributed by atoms with van der Waals surface area (Å²) in [7, 11) is 0. The summed E-state index contributed by atoms with van der Waals surface area (Å²) < 4.78 is 1.48. The summed E-state index contributed by atoms with van der Waals surface area (Å²) in [5, 5.41) is 0. The Labute approximate surface area is 80.5 Å². The third kappa shape index (κ3) is 1.33. The Morgan fingerprint density at radius 2 is 2.31 bits per heavy atom. The van der Waals surface area contributed by atoms with Gasteiger partial charge in [0.2, 0.25) is 0 Å². The molecule has 0 aromatic carbocycles. The number of hydrogen-bond donors (Lipinski definition) is 1. The van der Waals surface area contributed by atoms with Crippen LogP contribution in [0.15, 0.2) is 34.1 Å². The van der Waals surface area contributed by atoms with Crippen LogP contribution < -0.4 is 5.56 Å². The second-order valence-corrected chi connectivity index (χ2v) is 3.30. The molecule has 2 rings (SSSR count). The first-order valence-corrected chi connectivity index (χ1v) is 4.31. The van der Waals surface area contributed by atoms with E-state index in [1.807, 2.05) is 6.07 Å². The van der Waals surface area contributed by atoms with Crippen LogP contribution in [0, 0.1) is 6.92 Å². The van der Waals surface area contributed by atoms with Crippen molar-refractivity contribution in [1.82, 2.24) is 9.38 Å². The van der Waals surface area contributed by atoms with E-state index in [2.05, 4.69) is 17.6 Å². The molecule has 0 saturated heterocycles. The van der Waals surface area contributed by atoms with Gasteiger partial charge in [0.05, 0.1) is 0 Å². The van der Waals surface area contributed by atoms with Crippen LogP contribution in [0.3, 0.4) is 0 Å². The molecular formula is C9H8N2OS. The highest BCUT2D eigenvalue weighted by Crippen LogP contribution is 2.10. The van der Waals surface area contributed by atoms with Crippen LogP contribution in [0.1, 0.15) is 5.69 Å². The fourth-order valence-electron chi connectivity index (χ4n) is 1.23. The molecule has 0 N–H and O–H groups in total. The first kappa shape index (κ1) is 8.31. The van der Waals surface area contributed by atoms with Gasteiger partial charge in [0.15, 0.2) is 5.65 Å². The highest BCUT2D eigenvalue weighted by molar-refractivity contribution is 7.80. The zero-order valence-corrected chi connectivity index (χ0v) is 7.95. The van der Waals surface area contributed by atoms with Gasteiger partial charge < -0.3 is 0 Å². The second-order valence-electron chi connectivity index (χ2n) is 2.82. The summed E-state index contributed by atoms with van der Waals surface area (Å²) in [4.78, 5) is 16.4. The van der Waals surface area contributed by atoms with Crippen LogP contribution in [0.25, 0.3) is 5.65 Å². The van der Waals surface area contributed by atoms with Crippen molar-refractivity contribution in [2.75, 3.05) is 0 Å². The van der Waals surface area contributed by atoms with Crippen LogP contribution in [0.2, 0.25) is 0 Å². The van der Waals surface area contributed by atoms with Crippen molar-refractivity contribution in [2.45, 2.75) is 11.8 Å². The third-order valence-corrected chi connectivity index (χ3v) is 2.15. The number of nitrogens with zero attached hydrogens (tertiary/aromatic N) is 2. The fourth-order valence-corrected chi connectivity index (χ4v) is 1.47. The number of fused-ring (bicyclic) bond motifs is 1. The summed E-state index contributed by atoms with van der Waals surface area (Å²) in [6, 6.07) is 5.08. The minimum absolute atomic E-state index is 0.0709. The number of aryl methyl sites for hydroxylation is 1. The Morgan fingerprint density at radius 1 is 1.54 bits per heavy atom. The number of aromatic nitrogens is 2. The van der Waals surface area contributed by atoms with Gasteiger partial charge in [0.1, 0.15) is 0 Å². The molecule has 2 aromatic heterocycles. The minimum Gasteiger partial charge on any atom is -0.269 e. The summed E-state index contributed by atoms with van der Waals surface area (Å²) in [6.07, 6.45) is 1.68. The van der Waals surface area contributed by atoms with E-state index in [1.54, 1.807) is 19.2 Å². The number of rotatable bonds is 0. The van der Waals surface area contributed by atoms with Crippen LogP contribution in [-0.2, 0) is 0 Å². The largest absolute Gasteiger partial charge is 0.269 e. The van der Waals surface area contributed by atoms with E-state index >= 15 is 0 Å². The lowest BCUT2D eigenvalue weighted by molar-refractivity contribution is 0.995. The van der Waals surface area contributed by atoms with Gasteiger partial charge in [-0.2, -0.15) is 0 Å². The first-order chi connectivity index (χ1) is 6.18. The Bertz CT molecular complexity index is 518. The SMILES string of the molecule is Cc1cc(=O)n2cccc(S)c2n1. The van der Waals surface area contributed by atoms with Gasteiger partial charge in [-0.25, -0.2) is 4.98 Å². The summed E-state index contributed by atoms with van der Waals surface area (Å²) >= 11 is 4.22. The Hall–Kier alpha value is -1.29. The molecule has 0 aliphatic heterocycles. The molecule has 0 aliphatic rings. The molecule has 66 valence electrons. The van der Waals surface area contributed by atoms with Crippen molar-refractivity contribution in [3.05, 3.63) is 40.4 Å². The van der Waals surface area contributed by atoms with Gasteiger partial charge in [-0.3, -0.25) is 9.20 Å². The van der Waals surface area contributed by atoms with Gasteiger partial charge in [0, 0.05) is 22.9 Å². The van der Waals surface area contributed by atoms with Crippen molar-refractivity contribution in [3.8, 4) is 0 Å². The molecule has 0 radical (unpaired) electrons. The first-order valence-electron chi connectivity index (χ1n) is 3.86. The molecule has 0 atom stereocenters. The molecule has 0 aliphatic carbocycles. The molecule has 2 aromatic rings.